The Balaban J connectivity index is 1.57. The lowest BCUT2D eigenvalue weighted by atomic mass is 9.33. The molecule has 214 valence electrons. The molecule has 0 heterocycles. The maximum absolute atomic E-state index is 14.4. The van der Waals surface area contributed by atoms with Gasteiger partial charge in [0.2, 0.25) is 0 Å². The van der Waals surface area contributed by atoms with Crippen LogP contribution in [-0.4, -0.2) is 28.6 Å². The Labute approximate surface area is 231 Å². The van der Waals surface area contributed by atoms with Gasteiger partial charge in [-0.1, -0.05) is 47.1 Å². The molecule has 4 nitrogen and oxygen atoms in total. The molecule has 5 aliphatic carbocycles. The molecule has 0 radical (unpaired) electrons. The van der Waals surface area contributed by atoms with Gasteiger partial charge in [-0.3, -0.25) is 9.59 Å². The maximum atomic E-state index is 14.4. The maximum Gasteiger partial charge on any atom is 0.312 e. The van der Waals surface area contributed by atoms with Gasteiger partial charge in [-0.05, 0) is 130 Å². The van der Waals surface area contributed by atoms with Crippen LogP contribution in [0.3, 0.4) is 0 Å². The number of rotatable bonds is 1. The SMILES string of the molecule is CC(C)(C)OC(=O)[C@@]1(C)CC[C@]2(C)CC[C@]3(C)C(=CC(=O)C4[C@@]5(C)CC[C@@H](O)C(C)(C)C5CC[C@]43C)[C@@H]2C1. The van der Waals surface area contributed by atoms with Gasteiger partial charge in [0.25, 0.3) is 0 Å². The number of aliphatic hydroxyl groups excluding tert-OH is 1. The van der Waals surface area contributed by atoms with Crippen molar-refractivity contribution in [2.24, 2.45) is 50.2 Å². The molecule has 0 saturated heterocycles. The zero-order valence-electron chi connectivity index (χ0n) is 25.9. The summed E-state index contributed by atoms with van der Waals surface area (Å²) < 4.78 is 5.94. The topological polar surface area (TPSA) is 63.6 Å². The summed E-state index contributed by atoms with van der Waals surface area (Å²) in [7, 11) is 0. The van der Waals surface area contributed by atoms with E-state index in [-0.39, 0.29) is 51.0 Å². The highest BCUT2D eigenvalue weighted by atomic mass is 16.6. The summed E-state index contributed by atoms with van der Waals surface area (Å²) in [5, 5.41) is 10.9. The summed E-state index contributed by atoms with van der Waals surface area (Å²) in [5.74, 6) is 0.789. The van der Waals surface area contributed by atoms with Crippen molar-refractivity contribution in [3.05, 3.63) is 11.6 Å². The fraction of sp³-hybridized carbons (Fsp3) is 0.882. The smallest absolute Gasteiger partial charge is 0.312 e. The Morgan fingerprint density at radius 2 is 1.55 bits per heavy atom. The molecular weight excluding hydrogens is 472 g/mol. The first-order valence-electron chi connectivity index (χ1n) is 15.4. The minimum absolute atomic E-state index is 0.0144. The van der Waals surface area contributed by atoms with Crippen molar-refractivity contribution in [3.63, 3.8) is 0 Å². The van der Waals surface area contributed by atoms with Crippen LogP contribution in [0.25, 0.3) is 0 Å². The van der Waals surface area contributed by atoms with Gasteiger partial charge in [0.15, 0.2) is 5.78 Å². The van der Waals surface area contributed by atoms with Crippen LogP contribution in [0, 0.1) is 50.2 Å². The predicted octanol–water partition coefficient (Wildman–Crippen LogP) is 7.67. The molecule has 0 amide bonds. The lowest BCUT2D eigenvalue weighted by molar-refractivity contribution is -0.203. The molecule has 4 heteroatoms. The van der Waals surface area contributed by atoms with Crippen molar-refractivity contribution in [1.29, 1.82) is 0 Å². The van der Waals surface area contributed by atoms with Gasteiger partial charge in [-0.2, -0.15) is 0 Å². The fourth-order valence-corrected chi connectivity index (χ4v) is 10.8. The highest BCUT2D eigenvalue weighted by molar-refractivity contribution is 5.95. The highest BCUT2D eigenvalue weighted by Gasteiger charge is 2.70. The molecule has 38 heavy (non-hydrogen) atoms. The van der Waals surface area contributed by atoms with E-state index in [1.807, 2.05) is 20.8 Å². The molecule has 0 aromatic heterocycles. The van der Waals surface area contributed by atoms with Gasteiger partial charge in [-0.25, -0.2) is 0 Å². The monoisotopic (exact) mass is 526 g/mol. The van der Waals surface area contributed by atoms with Crippen LogP contribution < -0.4 is 0 Å². The van der Waals surface area contributed by atoms with Crippen LogP contribution in [0.1, 0.15) is 127 Å². The minimum atomic E-state index is -0.523. The Hall–Kier alpha value is -1.16. The van der Waals surface area contributed by atoms with E-state index in [9.17, 15) is 14.7 Å². The normalized spacial score (nSPS) is 50.1. The summed E-state index contributed by atoms with van der Waals surface area (Å²) >= 11 is 0. The summed E-state index contributed by atoms with van der Waals surface area (Å²) in [6, 6.07) is 0. The second-order valence-electron chi connectivity index (χ2n) is 17.1. The van der Waals surface area contributed by atoms with Crippen LogP contribution in [0.15, 0.2) is 11.6 Å². The third kappa shape index (κ3) is 3.70. The Morgan fingerprint density at radius 1 is 0.921 bits per heavy atom. The van der Waals surface area contributed by atoms with E-state index in [1.165, 1.54) is 5.57 Å². The van der Waals surface area contributed by atoms with E-state index in [1.54, 1.807) is 0 Å². The van der Waals surface area contributed by atoms with Crippen molar-refractivity contribution in [2.45, 2.75) is 139 Å². The lowest BCUT2D eigenvalue weighted by Crippen LogP contribution is -2.66. The van der Waals surface area contributed by atoms with E-state index >= 15 is 0 Å². The van der Waals surface area contributed by atoms with Crippen molar-refractivity contribution < 1.29 is 19.4 Å². The molecule has 5 rings (SSSR count). The first-order valence-corrected chi connectivity index (χ1v) is 15.4. The first kappa shape index (κ1) is 28.4. The number of carbonyl (C=O) groups is 2. The summed E-state index contributed by atoms with van der Waals surface area (Å²) in [6.45, 7) is 22.1. The molecule has 0 aromatic rings. The third-order valence-electron chi connectivity index (χ3n) is 13.4. The summed E-state index contributed by atoms with van der Waals surface area (Å²) in [4.78, 5) is 27.9. The molecule has 1 N–H and O–H groups in total. The number of allylic oxidation sites excluding steroid dienone is 2. The van der Waals surface area contributed by atoms with Gasteiger partial charge in [0.1, 0.15) is 5.60 Å². The number of fused-ring (bicyclic) bond motifs is 7. The molecule has 4 saturated carbocycles. The minimum Gasteiger partial charge on any atom is -0.460 e. The zero-order valence-corrected chi connectivity index (χ0v) is 25.9. The van der Waals surface area contributed by atoms with Crippen LogP contribution in [0.5, 0.6) is 0 Å². The molecule has 0 bridgehead atoms. The van der Waals surface area contributed by atoms with Gasteiger partial charge < -0.3 is 9.84 Å². The average molecular weight is 527 g/mol. The number of hydrogen-bond acceptors (Lipinski definition) is 4. The molecule has 0 spiro atoms. The summed E-state index contributed by atoms with van der Waals surface area (Å²) in [6.07, 6.45) is 10.5. The van der Waals surface area contributed by atoms with E-state index in [2.05, 4.69) is 54.5 Å². The Bertz CT molecular complexity index is 1060. The van der Waals surface area contributed by atoms with E-state index in [0.29, 0.717) is 11.7 Å². The quantitative estimate of drug-likeness (QED) is 0.356. The molecule has 2 unspecified atom stereocenters. The van der Waals surface area contributed by atoms with E-state index in [0.717, 1.165) is 57.8 Å². The Morgan fingerprint density at radius 3 is 2.18 bits per heavy atom. The third-order valence-corrected chi connectivity index (χ3v) is 13.4. The zero-order chi connectivity index (χ0) is 28.3. The standard InChI is InChI=1S/C34H54O4/c1-28(2,3)38-27(37)31(7)16-15-30(6)17-18-33(9)21(22(30)20-31)19-23(35)26-32(8)13-12-25(36)29(4,5)24(32)11-14-34(26,33)10/h19,22,24-26,36H,11-18,20H2,1-10H3/t22-,24?,25+,26?,30+,31-,32-,33+,34+/m0/s1. The van der Waals surface area contributed by atoms with E-state index in [4.69, 9.17) is 4.74 Å². The van der Waals surface area contributed by atoms with Crippen molar-refractivity contribution in [2.75, 3.05) is 0 Å². The fourth-order valence-electron chi connectivity index (χ4n) is 10.8. The Kier molecular flexibility index (Phi) is 6.12. The molecule has 5 aliphatic rings. The van der Waals surface area contributed by atoms with Gasteiger partial charge in [0, 0.05) is 5.92 Å². The second-order valence-corrected chi connectivity index (χ2v) is 17.1. The van der Waals surface area contributed by atoms with E-state index < -0.39 is 11.0 Å². The largest absolute Gasteiger partial charge is 0.460 e. The number of esters is 1. The van der Waals surface area contributed by atoms with Gasteiger partial charge in [-0.15, -0.1) is 0 Å². The number of hydrogen-bond donors (Lipinski definition) is 1. The van der Waals surface area contributed by atoms with Crippen LogP contribution in [0.2, 0.25) is 0 Å². The molecule has 9 atom stereocenters. The molecule has 4 fully saturated rings. The van der Waals surface area contributed by atoms with Crippen LogP contribution >= 0.6 is 0 Å². The van der Waals surface area contributed by atoms with Crippen molar-refractivity contribution in [3.8, 4) is 0 Å². The predicted molar refractivity (Wildman–Crippen MR) is 151 cm³/mol. The number of carbonyl (C=O) groups excluding carboxylic acids is 2. The lowest BCUT2D eigenvalue weighted by Gasteiger charge is -2.70. The van der Waals surface area contributed by atoms with Crippen LogP contribution in [-0.2, 0) is 14.3 Å². The molecule has 0 aliphatic heterocycles. The number of ether oxygens (including phenoxy) is 1. The highest BCUT2D eigenvalue weighted by Crippen LogP contribution is 2.75. The number of aliphatic hydroxyl groups is 1. The first-order chi connectivity index (χ1) is 17.2. The van der Waals surface area contributed by atoms with Crippen LogP contribution in [0.4, 0.5) is 0 Å². The molecular formula is C34H54O4. The second kappa shape index (κ2) is 8.20. The molecule has 0 aromatic carbocycles. The average Bonchev–Trinajstić information content (AvgIpc) is 2.78. The summed E-state index contributed by atoms with van der Waals surface area (Å²) in [5.41, 5.74) is -0.0208. The van der Waals surface area contributed by atoms with Gasteiger partial charge >= 0.3 is 5.97 Å². The van der Waals surface area contributed by atoms with Crippen molar-refractivity contribution >= 4 is 11.8 Å². The van der Waals surface area contributed by atoms with Gasteiger partial charge in [0.05, 0.1) is 11.5 Å². The number of ketones is 1. The van der Waals surface area contributed by atoms with Crippen molar-refractivity contribution in [1.82, 2.24) is 0 Å².